The third-order valence-corrected chi connectivity index (χ3v) is 6.31. The summed E-state index contributed by atoms with van der Waals surface area (Å²) in [5.41, 5.74) is 14.7. The van der Waals surface area contributed by atoms with Crippen molar-refractivity contribution in [1.29, 1.82) is 0 Å². The highest BCUT2D eigenvalue weighted by atomic mass is 16.6. The quantitative estimate of drug-likeness (QED) is 0.301. The molecule has 0 aromatic heterocycles. The van der Waals surface area contributed by atoms with Crippen molar-refractivity contribution >= 4 is 11.9 Å². The predicted molar refractivity (Wildman–Crippen MR) is 125 cm³/mol. The zero-order chi connectivity index (χ0) is 23.9. The van der Waals surface area contributed by atoms with Gasteiger partial charge in [0.2, 0.25) is 0 Å². The molecule has 180 valence electrons. The van der Waals surface area contributed by atoms with E-state index in [1.807, 2.05) is 34.6 Å². The first kappa shape index (κ1) is 26.1. The lowest BCUT2D eigenvalue weighted by Crippen LogP contribution is -2.42. The Morgan fingerprint density at radius 2 is 1.84 bits per heavy atom. The van der Waals surface area contributed by atoms with Gasteiger partial charge in [0.15, 0.2) is 0 Å². The Morgan fingerprint density at radius 3 is 2.50 bits per heavy atom. The van der Waals surface area contributed by atoms with Gasteiger partial charge in [-0.25, -0.2) is 4.79 Å². The molecule has 4 N–H and O–H groups in total. The number of fused-ring (bicyclic) bond motifs is 1. The minimum atomic E-state index is -0.668. The molecule has 7 nitrogen and oxygen atoms in total. The number of hydrogen-bond donors (Lipinski definition) is 2. The van der Waals surface area contributed by atoms with Gasteiger partial charge < -0.3 is 25.7 Å². The summed E-state index contributed by atoms with van der Waals surface area (Å²) < 4.78 is 17.6. The van der Waals surface area contributed by atoms with Crippen LogP contribution in [0.5, 0.6) is 11.5 Å². The molecular weight excluding hydrogens is 408 g/mol. The van der Waals surface area contributed by atoms with Crippen LogP contribution >= 0.6 is 0 Å². The monoisotopic (exact) mass is 448 g/mol. The van der Waals surface area contributed by atoms with E-state index in [1.165, 1.54) is 0 Å². The molecule has 2 rings (SSSR count). The topological polar surface area (TPSA) is 114 Å². The van der Waals surface area contributed by atoms with Crippen molar-refractivity contribution in [3.05, 3.63) is 22.3 Å². The van der Waals surface area contributed by atoms with Crippen LogP contribution in [0.3, 0.4) is 0 Å². The molecule has 1 aliphatic rings. The fourth-order valence-corrected chi connectivity index (χ4v) is 3.97. The van der Waals surface area contributed by atoms with Crippen molar-refractivity contribution in [3.63, 3.8) is 0 Å². The van der Waals surface area contributed by atoms with Crippen molar-refractivity contribution in [1.82, 2.24) is 0 Å². The molecule has 1 heterocycles. The van der Waals surface area contributed by atoms with Gasteiger partial charge in [-0.3, -0.25) is 4.79 Å². The van der Waals surface area contributed by atoms with Gasteiger partial charge in [-0.15, -0.1) is 0 Å². The maximum atomic E-state index is 12.6. The Morgan fingerprint density at radius 1 is 1.12 bits per heavy atom. The lowest BCUT2D eigenvalue weighted by atomic mass is 9.87. The smallest absolute Gasteiger partial charge is 0.328 e. The summed E-state index contributed by atoms with van der Waals surface area (Å²) in [7, 11) is 0. The lowest BCUT2D eigenvalue weighted by molar-refractivity contribution is -0.150. The summed E-state index contributed by atoms with van der Waals surface area (Å²) in [6, 6.07) is -0.668. The minimum absolute atomic E-state index is 0.184. The molecule has 0 radical (unpaired) electrons. The normalized spacial score (nSPS) is 18.5. The molecule has 1 aliphatic heterocycles. The highest BCUT2D eigenvalue weighted by Gasteiger charge is 2.36. The molecule has 0 spiro atoms. The predicted octanol–water partition coefficient (Wildman–Crippen LogP) is 3.79. The zero-order valence-corrected chi connectivity index (χ0v) is 20.3. The Hall–Kier alpha value is -2.12. The molecule has 1 aromatic carbocycles. The third-order valence-electron chi connectivity index (χ3n) is 6.31. The van der Waals surface area contributed by atoms with Crippen molar-refractivity contribution in [2.24, 2.45) is 11.5 Å². The summed E-state index contributed by atoms with van der Waals surface area (Å²) in [6.07, 6.45) is 5.85. The third kappa shape index (κ3) is 6.45. The first-order valence-corrected chi connectivity index (χ1v) is 11.8. The number of nitrogens with two attached hydrogens (primary N) is 2. The highest BCUT2D eigenvalue weighted by molar-refractivity contribution is 5.79. The van der Waals surface area contributed by atoms with E-state index < -0.39 is 17.6 Å². The molecule has 0 saturated heterocycles. The zero-order valence-electron chi connectivity index (χ0n) is 20.3. The fraction of sp³-hybridized carbons (Fsp3) is 0.680. The summed E-state index contributed by atoms with van der Waals surface area (Å²) >= 11 is 0. The Bertz CT molecular complexity index is 823. The van der Waals surface area contributed by atoms with Gasteiger partial charge in [0, 0.05) is 12.0 Å². The standard InChI is InChI=1S/C25H40N2O5/c1-6-7-11-21(28)30-15-25(5)13-12-19-18(4)22(16(2)17(3)23(19)32-25)31-24(29)20(27)10-8-9-14-26/h20H,6-15,26-27H2,1-5H3/t20-,25-/m0/s1. The largest absolute Gasteiger partial charge is 0.483 e. The highest BCUT2D eigenvalue weighted by Crippen LogP contribution is 2.44. The number of esters is 2. The number of benzene rings is 1. The fourth-order valence-electron chi connectivity index (χ4n) is 3.97. The summed E-state index contributed by atoms with van der Waals surface area (Å²) in [4.78, 5) is 24.5. The van der Waals surface area contributed by atoms with Gasteiger partial charge in [-0.05, 0) is 83.0 Å². The second-order valence-electron chi connectivity index (χ2n) is 9.14. The first-order valence-electron chi connectivity index (χ1n) is 11.8. The van der Waals surface area contributed by atoms with E-state index in [-0.39, 0.29) is 12.6 Å². The molecule has 0 saturated carbocycles. The van der Waals surface area contributed by atoms with Crippen LogP contribution in [0.1, 0.15) is 81.0 Å². The van der Waals surface area contributed by atoms with Gasteiger partial charge >= 0.3 is 11.9 Å². The molecule has 1 aromatic rings. The summed E-state index contributed by atoms with van der Waals surface area (Å²) in [5, 5.41) is 0. The average Bonchev–Trinajstić information content (AvgIpc) is 2.77. The van der Waals surface area contributed by atoms with Crippen molar-refractivity contribution < 1.29 is 23.8 Å². The molecule has 2 atom stereocenters. The molecular formula is C25H40N2O5. The van der Waals surface area contributed by atoms with Crippen LogP contribution in [0.25, 0.3) is 0 Å². The van der Waals surface area contributed by atoms with Crippen LogP contribution in [0.4, 0.5) is 0 Å². The molecule has 7 heteroatoms. The van der Waals surface area contributed by atoms with Crippen LogP contribution in [0.15, 0.2) is 0 Å². The van der Waals surface area contributed by atoms with Crippen molar-refractivity contribution in [3.8, 4) is 11.5 Å². The number of rotatable bonds is 11. The van der Waals surface area contributed by atoms with Gasteiger partial charge in [0.25, 0.3) is 0 Å². The summed E-state index contributed by atoms with van der Waals surface area (Å²) in [5.74, 6) is 0.758. The van der Waals surface area contributed by atoms with E-state index in [0.717, 1.165) is 60.1 Å². The number of ether oxygens (including phenoxy) is 3. The Balaban J connectivity index is 2.15. The van der Waals surface area contributed by atoms with Gasteiger partial charge in [-0.2, -0.15) is 0 Å². The van der Waals surface area contributed by atoms with Gasteiger partial charge in [-0.1, -0.05) is 19.8 Å². The van der Waals surface area contributed by atoms with E-state index in [4.69, 9.17) is 25.7 Å². The molecule has 32 heavy (non-hydrogen) atoms. The SMILES string of the molecule is CCCCC(=O)OC[C@]1(C)CCc2c(C)c(OC(=O)[C@@H](N)CCCCN)c(C)c(C)c2O1. The van der Waals surface area contributed by atoms with Gasteiger partial charge in [0.1, 0.15) is 29.7 Å². The number of carbonyl (C=O) groups excluding carboxylic acids is 2. The van der Waals surface area contributed by atoms with Crippen LogP contribution < -0.4 is 20.9 Å². The van der Waals surface area contributed by atoms with Crippen LogP contribution in [0, 0.1) is 20.8 Å². The maximum absolute atomic E-state index is 12.6. The van der Waals surface area contributed by atoms with Crippen molar-refractivity contribution in [2.75, 3.05) is 13.2 Å². The maximum Gasteiger partial charge on any atom is 0.328 e. The molecule has 0 amide bonds. The average molecular weight is 449 g/mol. The lowest BCUT2D eigenvalue weighted by Gasteiger charge is -2.37. The molecule has 0 fully saturated rings. The minimum Gasteiger partial charge on any atom is -0.483 e. The van der Waals surface area contributed by atoms with E-state index in [0.29, 0.717) is 31.6 Å². The van der Waals surface area contributed by atoms with Crippen LogP contribution in [0.2, 0.25) is 0 Å². The van der Waals surface area contributed by atoms with Crippen molar-refractivity contribution in [2.45, 2.75) is 97.6 Å². The Labute approximate surface area is 192 Å². The summed E-state index contributed by atoms with van der Waals surface area (Å²) in [6.45, 7) is 10.7. The van der Waals surface area contributed by atoms with Gasteiger partial charge in [0.05, 0.1) is 0 Å². The second-order valence-corrected chi connectivity index (χ2v) is 9.14. The molecule has 0 aliphatic carbocycles. The van der Waals surface area contributed by atoms with E-state index in [1.54, 1.807) is 0 Å². The number of unbranched alkanes of at least 4 members (excludes halogenated alkanes) is 2. The van der Waals surface area contributed by atoms with E-state index in [9.17, 15) is 9.59 Å². The van der Waals surface area contributed by atoms with Crippen LogP contribution in [-0.2, 0) is 20.7 Å². The van der Waals surface area contributed by atoms with E-state index in [2.05, 4.69) is 0 Å². The molecule has 0 unspecified atom stereocenters. The Kier molecular flexibility index (Phi) is 9.52. The number of hydrogen-bond acceptors (Lipinski definition) is 7. The number of carbonyl (C=O) groups is 2. The van der Waals surface area contributed by atoms with Crippen LogP contribution in [-0.4, -0.2) is 36.7 Å². The molecule has 0 bridgehead atoms. The van der Waals surface area contributed by atoms with E-state index >= 15 is 0 Å². The second kappa shape index (κ2) is 11.7. The first-order chi connectivity index (χ1) is 15.1.